The summed E-state index contributed by atoms with van der Waals surface area (Å²) in [6.45, 7) is 1.73. The molecule has 68 valence electrons. The number of halogens is 2. The highest BCUT2D eigenvalue weighted by Crippen LogP contribution is 2.37. The molecule has 1 nitrogen and oxygen atoms in total. The minimum absolute atomic E-state index is 0.747. The maximum atomic E-state index is 5.94. The second kappa shape index (κ2) is 3.12. The van der Waals surface area contributed by atoms with Gasteiger partial charge < -0.3 is 0 Å². The van der Waals surface area contributed by atoms with Crippen LogP contribution in [0.15, 0.2) is 24.3 Å². The van der Waals surface area contributed by atoms with E-state index >= 15 is 0 Å². The number of rotatable bonds is 1. The first-order valence-electron chi connectivity index (χ1n) is 3.81. The Kier molecular flexibility index (Phi) is 2.22. The predicted octanol–water partition coefficient (Wildman–Crippen LogP) is 3.95. The lowest BCUT2D eigenvalue weighted by Gasteiger charge is -2.06. The number of alkyl halides is 2. The molecule has 2 rings (SSSR count). The monoisotopic (exact) mass is 231 g/mol. The number of hydrogen-bond donors (Lipinski definition) is 0. The summed E-state index contributed by atoms with van der Waals surface area (Å²) in [5.74, 6) is 0. The molecule has 0 aliphatic rings. The van der Waals surface area contributed by atoms with E-state index < -0.39 is 4.33 Å². The van der Waals surface area contributed by atoms with Crippen LogP contribution >= 0.6 is 34.5 Å². The fourth-order valence-corrected chi connectivity index (χ4v) is 2.27. The molecule has 1 heterocycles. The van der Waals surface area contributed by atoms with E-state index in [0.717, 1.165) is 15.2 Å². The number of aromatic nitrogens is 1. The maximum Gasteiger partial charge on any atom is 0.166 e. The van der Waals surface area contributed by atoms with Gasteiger partial charge >= 0.3 is 0 Å². The second-order valence-corrected chi connectivity index (χ2v) is 5.61. The van der Waals surface area contributed by atoms with Gasteiger partial charge in [-0.2, -0.15) is 0 Å². The number of para-hydroxylation sites is 1. The van der Waals surface area contributed by atoms with E-state index in [0.29, 0.717) is 0 Å². The Balaban J connectivity index is 2.63. The standard InChI is InChI=1S/C9H7Cl2NS/c1-9(10,11)8-12-6-4-2-3-5-7(6)13-8/h2-5H,1H3. The number of fused-ring (bicyclic) bond motifs is 1. The van der Waals surface area contributed by atoms with Crippen LogP contribution < -0.4 is 0 Å². The Bertz CT molecular complexity index is 397. The topological polar surface area (TPSA) is 12.9 Å². The van der Waals surface area contributed by atoms with Crippen molar-refractivity contribution in [3.63, 3.8) is 0 Å². The van der Waals surface area contributed by atoms with E-state index in [9.17, 15) is 0 Å². The summed E-state index contributed by atoms with van der Waals surface area (Å²) >= 11 is 13.4. The van der Waals surface area contributed by atoms with E-state index in [2.05, 4.69) is 4.98 Å². The van der Waals surface area contributed by atoms with Crippen molar-refractivity contribution in [2.75, 3.05) is 0 Å². The van der Waals surface area contributed by atoms with Gasteiger partial charge in [0.25, 0.3) is 0 Å². The van der Waals surface area contributed by atoms with Gasteiger partial charge in [-0.25, -0.2) is 4.98 Å². The third-order valence-electron chi connectivity index (χ3n) is 1.67. The summed E-state index contributed by atoms with van der Waals surface area (Å²) in [5.41, 5.74) is 0.954. The molecule has 2 aromatic rings. The van der Waals surface area contributed by atoms with Crippen LogP contribution in [0.3, 0.4) is 0 Å². The lowest BCUT2D eigenvalue weighted by atomic mass is 10.3. The highest BCUT2D eigenvalue weighted by molar-refractivity contribution is 7.19. The number of benzene rings is 1. The minimum Gasteiger partial charge on any atom is -0.238 e. The van der Waals surface area contributed by atoms with Gasteiger partial charge in [0.05, 0.1) is 10.2 Å². The van der Waals surface area contributed by atoms with E-state index in [-0.39, 0.29) is 0 Å². The van der Waals surface area contributed by atoms with Gasteiger partial charge in [-0.05, 0) is 19.1 Å². The first-order chi connectivity index (χ1) is 6.07. The van der Waals surface area contributed by atoms with Crippen LogP contribution in [0.1, 0.15) is 11.9 Å². The minimum atomic E-state index is -0.885. The highest BCUT2D eigenvalue weighted by Gasteiger charge is 2.23. The van der Waals surface area contributed by atoms with Crippen molar-refractivity contribution in [3.8, 4) is 0 Å². The average molecular weight is 232 g/mol. The van der Waals surface area contributed by atoms with Gasteiger partial charge in [0.15, 0.2) is 4.33 Å². The molecule has 0 amide bonds. The molecule has 1 aromatic heterocycles. The molecule has 0 bridgehead atoms. The average Bonchev–Trinajstić information content (AvgIpc) is 2.45. The molecule has 0 aliphatic heterocycles. The molecule has 13 heavy (non-hydrogen) atoms. The molecule has 1 aromatic carbocycles. The maximum absolute atomic E-state index is 5.94. The lowest BCUT2D eigenvalue weighted by molar-refractivity contribution is 0.960. The van der Waals surface area contributed by atoms with E-state index in [1.54, 1.807) is 6.92 Å². The fraction of sp³-hybridized carbons (Fsp3) is 0.222. The Hall–Kier alpha value is -0.310. The number of thiazole rings is 1. The third kappa shape index (κ3) is 1.80. The summed E-state index contributed by atoms with van der Waals surface area (Å²) in [6, 6.07) is 7.89. The molecule has 0 aliphatic carbocycles. The summed E-state index contributed by atoms with van der Waals surface area (Å²) in [5, 5.41) is 0.747. The Morgan fingerprint density at radius 1 is 1.31 bits per heavy atom. The predicted molar refractivity (Wildman–Crippen MR) is 58.7 cm³/mol. The number of nitrogens with zero attached hydrogens (tertiary/aromatic N) is 1. The van der Waals surface area contributed by atoms with Crippen LogP contribution in [0.4, 0.5) is 0 Å². The molecular formula is C9H7Cl2NS. The normalized spacial score (nSPS) is 12.2. The lowest BCUT2D eigenvalue weighted by Crippen LogP contribution is -2.01. The first-order valence-corrected chi connectivity index (χ1v) is 5.38. The van der Waals surface area contributed by atoms with Crippen LogP contribution in [0, 0.1) is 0 Å². The summed E-state index contributed by atoms with van der Waals surface area (Å²) in [7, 11) is 0. The summed E-state index contributed by atoms with van der Waals surface area (Å²) in [4.78, 5) is 4.34. The first kappa shape index (κ1) is 9.25. The Labute approximate surface area is 90.3 Å². The van der Waals surface area contributed by atoms with Gasteiger partial charge in [-0.15, -0.1) is 11.3 Å². The summed E-state index contributed by atoms with van der Waals surface area (Å²) < 4.78 is 0.231. The fourth-order valence-electron chi connectivity index (χ4n) is 1.06. The van der Waals surface area contributed by atoms with E-state index in [1.807, 2.05) is 24.3 Å². The van der Waals surface area contributed by atoms with E-state index in [1.165, 1.54) is 11.3 Å². The van der Waals surface area contributed by atoms with Crippen molar-refractivity contribution in [2.24, 2.45) is 0 Å². The quantitative estimate of drug-likeness (QED) is 0.678. The zero-order valence-corrected chi connectivity index (χ0v) is 9.25. The SMILES string of the molecule is CC(Cl)(Cl)c1nc2ccccc2s1. The largest absolute Gasteiger partial charge is 0.238 e. The van der Waals surface area contributed by atoms with E-state index in [4.69, 9.17) is 23.2 Å². The van der Waals surface area contributed by atoms with Gasteiger partial charge in [-0.3, -0.25) is 0 Å². The second-order valence-electron chi connectivity index (χ2n) is 2.88. The number of hydrogen-bond acceptors (Lipinski definition) is 2. The zero-order chi connectivity index (χ0) is 9.47. The van der Waals surface area contributed by atoms with Crippen molar-refractivity contribution in [1.29, 1.82) is 0 Å². The van der Waals surface area contributed by atoms with Gasteiger partial charge in [0.2, 0.25) is 0 Å². The van der Waals surface area contributed by atoms with Crippen molar-refractivity contribution < 1.29 is 0 Å². The van der Waals surface area contributed by atoms with Crippen molar-refractivity contribution in [3.05, 3.63) is 29.3 Å². The molecule has 0 spiro atoms. The molecule has 0 radical (unpaired) electrons. The summed E-state index contributed by atoms with van der Waals surface area (Å²) in [6.07, 6.45) is 0. The Morgan fingerprint density at radius 3 is 2.62 bits per heavy atom. The Morgan fingerprint density at radius 2 is 2.00 bits per heavy atom. The van der Waals surface area contributed by atoms with Crippen LogP contribution in [0.25, 0.3) is 10.2 Å². The molecule has 0 saturated heterocycles. The third-order valence-corrected chi connectivity index (χ3v) is 3.51. The molecule has 0 fully saturated rings. The van der Waals surface area contributed by atoms with Gasteiger partial charge in [-0.1, -0.05) is 35.3 Å². The smallest absolute Gasteiger partial charge is 0.166 e. The molecule has 4 heteroatoms. The van der Waals surface area contributed by atoms with Crippen molar-refractivity contribution >= 4 is 44.8 Å². The van der Waals surface area contributed by atoms with Gasteiger partial charge in [0, 0.05) is 0 Å². The highest BCUT2D eigenvalue weighted by atomic mass is 35.5. The van der Waals surface area contributed by atoms with Crippen molar-refractivity contribution in [1.82, 2.24) is 4.98 Å². The zero-order valence-electron chi connectivity index (χ0n) is 6.92. The molecular weight excluding hydrogens is 225 g/mol. The molecule has 0 unspecified atom stereocenters. The molecule has 0 N–H and O–H groups in total. The van der Waals surface area contributed by atoms with Crippen LogP contribution in [-0.2, 0) is 4.33 Å². The molecule has 0 atom stereocenters. The molecule has 0 saturated carbocycles. The van der Waals surface area contributed by atoms with Crippen molar-refractivity contribution in [2.45, 2.75) is 11.3 Å². The van der Waals surface area contributed by atoms with Crippen LogP contribution in [-0.4, -0.2) is 4.98 Å². The van der Waals surface area contributed by atoms with Gasteiger partial charge in [0.1, 0.15) is 5.01 Å². The van der Waals surface area contributed by atoms with Crippen LogP contribution in [0.5, 0.6) is 0 Å². The van der Waals surface area contributed by atoms with Crippen LogP contribution in [0.2, 0.25) is 0 Å².